The molecule has 0 saturated carbocycles. The van der Waals surface area contributed by atoms with Crippen LogP contribution in [0.2, 0.25) is 0 Å². The van der Waals surface area contributed by atoms with Gasteiger partial charge in [-0.05, 0) is 49.7 Å². The van der Waals surface area contributed by atoms with Gasteiger partial charge in [-0.3, -0.25) is 9.48 Å². The summed E-state index contributed by atoms with van der Waals surface area (Å²) < 4.78 is 2.23. The van der Waals surface area contributed by atoms with Gasteiger partial charge in [0.15, 0.2) is 0 Å². The predicted octanol–water partition coefficient (Wildman–Crippen LogP) is 3.32. The lowest BCUT2D eigenvalue weighted by Gasteiger charge is -2.03. The minimum atomic E-state index is -0.283. The van der Waals surface area contributed by atoms with Crippen molar-refractivity contribution in [2.24, 2.45) is 12.1 Å². The Balaban J connectivity index is 2.20. The van der Waals surface area contributed by atoms with Crippen LogP contribution in [0.3, 0.4) is 0 Å². The number of hydrazone groups is 1. The standard InChI is InChI=1S/C14H17BrN4OS/c1-7-6-11(10(4)21-7)8(2)16-17-14(20)13-12(15)9(3)18-19(13)5/h6H,1-5H3,(H,17,20). The number of rotatable bonds is 3. The molecule has 2 aromatic heterocycles. The third kappa shape index (κ3) is 3.24. The number of thiophene rings is 1. The Morgan fingerprint density at radius 3 is 2.57 bits per heavy atom. The van der Waals surface area contributed by atoms with Gasteiger partial charge in [-0.2, -0.15) is 10.2 Å². The lowest BCUT2D eigenvalue weighted by Crippen LogP contribution is -2.22. The molecular formula is C14H17BrN4OS. The Morgan fingerprint density at radius 2 is 2.10 bits per heavy atom. The first-order chi connectivity index (χ1) is 9.81. The van der Waals surface area contributed by atoms with Crippen molar-refractivity contribution in [2.45, 2.75) is 27.7 Å². The number of hydrogen-bond acceptors (Lipinski definition) is 4. The summed E-state index contributed by atoms with van der Waals surface area (Å²) in [6.45, 7) is 7.84. The second-order valence-electron chi connectivity index (χ2n) is 4.84. The van der Waals surface area contributed by atoms with Crippen LogP contribution in [-0.4, -0.2) is 21.4 Å². The van der Waals surface area contributed by atoms with E-state index in [1.807, 2.05) is 13.8 Å². The van der Waals surface area contributed by atoms with E-state index in [9.17, 15) is 4.79 Å². The van der Waals surface area contributed by atoms with Crippen molar-refractivity contribution in [3.63, 3.8) is 0 Å². The fourth-order valence-electron chi connectivity index (χ4n) is 2.12. The maximum absolute atomic E-state index is 12.2. The summed E-state index contributed by atoms with van der Waals surface area (Å²) in [5.74, 6) is -0.283. The van der Waals surface area contributed by atoms with Gasteiger partial charge >= 0.3 is 0 Å². The Kier molecular flexibility index (Phi) is 4.63. The van der Waals surface area contributed by atoms with Crippen molar-refractivity contribution in [3.05, 3.63) is 37.2 Å². The molecule has 1 amide bonds. The number of carbonyl (C=O) groups is 1. The zero-order valence-electron chi connectivity index (χ0n) is 12.6. The Bertz CT molecular complexity index is 730. The minimum Gasteiger partial charge on any atom is -0.266 e. The van der Waals surface area contributed by atoms with Crippen LogP contribution in [-0.2, 0) is 7.05 Å². The van der Waals surface area contributed by atoms with Crippen LogP contribution in [0.1, 0.15) is 38.4 Å². The maximum Gasteiger partial charge on any atom is 0.290 e. The predicted molar refractivity (Wildman–Crippen MR) is 89.1 cm³/mol. The molecule has 7 heteroatoms. The highest BCUT2D eigenvalue weighted by molar-refractivity contribution is 9.10. The van der Waals surface area contributed by atoms with E-state index in [0.717, 1.165) is 17.0 Å². The first kappa shape index (κ1) is 15.9. The summed E-state index contributed by atoms with van der Waals surface area (Å²) in [6, 6.07) is 2.08. The molecule has 0 aromatic carbocycles. The van der Waals surface area contributed by atoms with E-state index in [0.29, 0.717) is 10.2 Å². The van der Waals surface area contributed by atoms with Gasteiger partial charge in [0, 0.05) is 22.4 Å². The van der Waals surface area contributed by atoms with E-state index in [4.69, 9.17) is 0 Å². The van der Waals surface area contributed by atoms with Crippen LogP contribution in [0, 0.1) is 20.8 Å². The average Bonchev–Trinajstić information content (AvgIpc) is 2.86. The Morgan fingerprint density at radius 1 is 1.43 bits per heavy atom. The normalized spacial score (nSPS) is 11.8. The number of halogens is 1. The van der Waals surface area contributed by atoms with Crippen LogP contribution in [0.5, 0.6) is 0 Å². The zero-order chi connectivity index (χ0) is 15.7. The first-order valence-corrected chi connectivity index (χ1v) is 8.03. The SMILES string of the molecule is CC(=NNC(=O)c1c(Br)c(C)nn1C)c1cc(C)sc1C. The van der Waals surface area contributed by atoms with Gasteiger partial charge < -0.3 is 0 Å². The molecule has 2 heterocycles. The van der Waals surface area contributed by atoms with Gasteiger partial charge in [0.2, 0.25) is 0 Å². The van der Waals surface area contributed by atoms with Gasteiger partial charge in [0.05, 0.1) is 15.9 Å². The molecule has 0 unspecified atom stereocenters. The fourth-order valence-corrected chi connectivity index (χ4v) is 3.61. The van der Waals surface area contributed by atoms with E-state index < -0.39 is 0 Å². The number of nitrogens with zero attached hydrogens (tertiary/aromatic N) is 3. The quantitative estimate of drug-likeness (QED) is 0.667. The fraction of sp³-hybridized carbons (Fsp3) is 0.357. The summed E-state index contributed by atoms with van der Waals surface area (Å²) in [4.78, 5) is 14.6. The third-order valence-corrected chi connectivity index (χ3v) is 5.04. The summed E-state index contributed by atoms with van der Waals surface area (Å²) in [5.41, 5.74) is 5.68. The highest BCUT2D eigenvalue weighted by Gasteiger charge is 2.18. The second kappa shape index (κ2) is 6.11. The van der Waals surface area contributed by atoms with E-state index in [2.05, 4.69) is 51.5 Å². The van der Waals surface area contributed by atoms with Gasteiger partial charge in [0.25, 0.3) is 5.91 Å². The first-order valence-electron chi connectivity index (χ1n) is 6.42. The average molecular weight is 369 g/mol. The molecule has 0 bridgehead atoms. The van der Waals surface area contributed by atoms with Gasteiger partial charge in [0.1, 0.15) is 5.69 Å². The molecule has 0 aliphatic heterocycles. The molecular weight excluding hydrogens is 352 g/mol. The van der Waals surface area contributed by atoms with Crippen LogP contribution < -0.4 is 5.43 Å². The van der Waals surface area contributed by atoms with Crippen molar-refractivity contribution >= 4 is 38.9 Å². The van der Waals surface area contributed by atoms with Crippen LogP contribution >= 0.6 is 27.3 Å². The van der Waals surface area contributed by atoms with Gasteiger partial charge in [-0.15, -0.1) is 11.3 Å². The minimum absolute atomic E-state index is 0.283. The highest BCUT2D eigenvalue weighted by Crippen LogP contribution is 2.22. The smallest absolute Gasteiger partial charge is 0.266 e. The summed E-state index contributed by atoms with van der Waals surface area (Å²) in [5, 5.41) is 8.39. The highest BCUT2D eigenvalue weighted by atomic mass is 79.9. The number of hydrogen-bond donors (Lipinski definition) is 1. The lowest BCUT2D eigenvalue weighted by atomic mass is 10.2. The number of aryl methyl sites for hydroxylation is 4. The largest absolute Gasteiger partial charge is 0.290 e. The topological polar surface area (TPSA) is 59.3 Å². The molecule has 2 aromatic rings. The van der Waals surface area contributed by atoms with Gasteiger partial charge in [-0.25, -0.2) is 5.43 Å². The van der Waals surface area contributed by atoms with Crippen molar-refractivity contribution < 1.29 is 4.79 Å². The molecule has 21 heavy (non-hydrogen) atoms. The molecule has 2 rings (SSSR count). The Hall–Kier alpha value is -1.47. The molecule has 112 valence electrons. The molecule has 0 spiro atoms. The van der Waals surface area contributed by atoms with Gasteiger partial charge in [-0.1, -0.05) is 0 Å². The number of carbonyl (C=O) groups excluding carboxylic acids is 1. The van der Waals surface area contributed by atoms with E-state index in [1.54, 1.807) is 23.1 Å². The Labute approximate surface area is 136 Å². The molecule has 0 atom stereocenters. The number of amides is 1. The number of nitrogens with one attached hydrogen (secondary N) is 1. The van der Waals surface area contributed by atoms with Crippen molar-refractivity contribution in [3.8, 4) is 0 Å². The summed E-state index contributed by atoms with van der Waals surface area (Å²) >= 11 is 5.10. The third-order valence-electron chi connectivity index (χ3n) is 3.12. The summed E-state index contributed by atoms with van der Waals surface area (Å²) in [6.07, 6.45) is 0. The van der Waals surface area contributed by atoms with E-state index in [1.165, 1.54) is 9.75 Å². The van der Waals surface area contributed by atoms with E-state index in [-0.39, 0.29) is 5.91 Å². The van der Waals surface area contributed by atoms with E-state index >= 15 is 0 Å². The molecule has 0 radical (unpaired) electrons. The second-order valence-corrected chi connectivity index (χ2v) is 7.09. The van der Waals surface area contributed by atoms with Crippen molar-refractivity contribution in [2.75, 3.05) is 0 Å². The monoisotopic (exact) mass is 368 g/mol. The lowest BCUT2D eigenvalue weighted by molar-refractivity contribution is 0.0944. The van der Waals surface area contributed by atoms with Crippen molar-refractivity contribution in [1.82, 2.24) is 15.2 Å². The molecule has 0 aliphatic carbocycles. The summed E-state index contributed by atoms with van der Waals surface area (Å²) in [7, 11) is 1.73. The number of aromatic nitrogens is 2. The van der Waals surface area contributed by atoms with Crippen LogP contribution in [0.25, 0.3) is 0 Å². The van der Waals surface area contributed by atoms with Crippen LogP contribution in [0.15, 0.2) is 15.6 Å². The molecule has 0 saturated heterocycles. The zero-order valence-corrected chi connectivity index (χ0v) is 15.0. The molecule has 0 aliphatic rings. The van der Waals surface area contributed by atoms with Crippen LogP contribution in [0.4, 0.5) is 0 Å². The maximum atomic E-state index is 12.2. The molecule has 5 nitrogen and oxygen atoms in total. The molecule has 1 N–H and O–H groups in total. The van der Waals surface area contributed by atoms with Crippen molar-refractivity contribution in [1.29, 1.82) is 0 Å². The molecule has 0 fully saturated rings.